The van der Waals surface area contributed by atoms with Crippen molar-refractivity contribution >= 4 is 5.82 Å². The lowest BCUT2D eigenvalue weighted by Gasteiger charge is -2.24. The summed E-state index contributed by atoms with van der Waals surface area (Å²) in [6.45, 7) is 11.2. The van der Waals surface area contributed by atoms with E-state index in [9.17, 15) is 0 Å². The Morgan fingerprint density at radius 1 is 1.40 bits per heavy atom. The standard InChI is InChI=1S/C16H27N3O/c1-4-15-9-14(11-17-5-2)10-16(18-15)19-7-6-8-20-13(3)12-19/h9-10,13,17H,4-8,11-12H2,1-3H3. The largest absolute Gasteiger partial charge is 0.377 e. The van der Waals surface area contributed by atoms with E-state index >= 15 is 0 Å². The van der Waals surface area contributed by atoms with Crippen molar-refractivity contribution in [3.63, 3.8) is 0 Å². The van der Waals surface area contributed by atoms with Gasteiger partial charge in [0, 0.05) is 31.9 Å². The molecule has 1 aromatic rings. The maximum Gasteiger partial charge on any atom is 0.129 e. The Morgan fingerprint density at radius 3 is 3.00 bits per heavy atom. The third-order valence-corrected chi connectivity index (χ3v) is 3.64. The SMILES string of the molecule is CCNCc1cc(CC)nc(N2CCCOC(C)C2)c1. The molecule has 0 spiro atoms. The van der Waals surface area contributed by atoms with Crippen LogP contribution in [-0.4, -0.2) is 37.3 Å². The highest BCUT2D eigenvalue weighted by atomic mass is 16.5. The molecule has 1 atom stereocenters. The lowest BCUT2D eigenvalue weighted by molar-refractivity contribution is 0.0820. The maximum absolute atomic E-state index is 5.72. The molecule has 4 heteroatoms. The molecule has 1 aromatic heterocycles. The second-order valence-electron chi connectivity index (χ2n) is 5.44. The smallest absolute Gasteiger partial charge is 0.129 e. The van der Waals surface area contributed by atoms with Gasteiger partial charge in [-0.05, 0) is 44.0 Å². The number of nitrogens with zero attached hydrogens (tertiary/aromatic N) is 2. The summed E-state index contributed by atoms with van der Waals surface area (Å²) in [6, 6.07) is 4.43. The van der Waals surface area contributed by atoms with Gasteiger partial charge in [-0.2, -0.15) is 0 Å². The number of hydrogen-bond acceptors (Lipinski definition) is 4. The van der Waals surface area contributed by atoms with Crippen molar-refractivity contribution in [1.82, 2.24) is 10.3 Å². The second-order valence-corrected chi connectivity index (χ2v) is 5.44. The summed E-state index contributed by atoms with van der Waals surface area (Å²) in [6.07, 6.45) is 2.33. The molecule has 0 radical (unpaired) electrons. The first kappa shape index (κ1) is 15.3. The fraction of sp³-hybridized carbons (Fsp3) is 0.688. The van der Waals surface area contributed by atoms with E-state index in [0.29, 0.717) is 0 Å². The zero-order valence-corrected chi connectivity index (χ0v) is 13.0. The molecule has 4 nitrogen and oxygen atoms in total. The Bertz CT molecular complexity index is 422. The van der Waals surface area contributed by atoms with Gasteiger partial charge in [-0.15, -0.1) is 0 Å². The van der Waals surface area contributed by atoms with Gasteiger partial charge in [0.2, 0.25) is 0 Å². The van der Waals surface area contributed by atoms with Crippen LogP contribution in [0.2, 0.25) is 0 Å². The van der Waals surface area contributed by atoms with E-state index in [4.69, 9.17) is 9.72 Å². The minimum Gasteiger partial charge on any atom is -0.377 e. The Labute approximate surface area is 122 Å². The van der Waals surface area contributed by atoms with Gasteiger partial charge < -0.3 is 15.0 Å². The molecule has 1 fully saturated rings. The summed E-state index contributed by atoms with van der Waals surface area (Å²) in [5.41, 5.74) is 2.50. The van der Waals surface area contributed by atoms with Crippen molar-refractivity contribution in [1.29, 1.82) is 0 Å². The second kappa shape index (κ2) is 7.60. The Kier molecular flexibility index (Phi) is 5.80. The lowest BCUT2D eigenvalue weighted by Crippen LogP contribution is -2.31. The highest BCUT2D eigenvalue weighted by Crippen LogP contribution is 2.19. The van der Waals surface area contributed by atoms with Gasteiger partial charge >= 0.3 is 0 Å². The molecule has 112 valence electrons. The molecule has 20 heavy (non-hydrogen) atoms. The zero-order chi connectivity index (χ0) is 14.4. The van der Waals surface area contributed by atoms with Crippen LogP contribution in [0.25, 0.3) is 0 Å². The first-order valence-electron chi connectivity index (χ1n) is 7.80. The van der Waals surface area contributed by atoms with Crippen molar-refractivity contribution in [2.24, 2.45) is 0 Å². The monoisotopic (exact) mass is 277 g/mol. The summed E-state index contributed by atoms with van der Waals surface area (Å²) in [4.78, 5) is 7.17. The number of nitrogens with one attached hydrogen (secondary N) is 1. The van der Waals surface area contributed by atoms with Gasteiger partial charge in [0.15, 0.2) is 0 Å². The molecule has 1 aliphatic heterocycles. The summed E-state index contributed by atoms with van der Waals surface area (Å²) >= 11 is 0. The van der Waals surface area contributed by atoms with Crippen LogP contribution in [0.5, 0.6) is 0 Å². The summed E-state index contributed by atoms with van der Waals surface area (Å²) in [5.74, 6) is 1.11. The first-order valence-corrected chi connectivity index (χ1v) is 7.80. The molecule has 2 rings (SSSR count). The van der Waals surface area contributed by atoms with Crippen molar-refractivity contribution in [3.8, 4) is 0 Å². The minimum atomic E-state index is 0.279. The van der Waals surface area contributed by atoms with Crippen LogP contribution in [0.1, 0.15) is 38.4 Å². The number of aromatic nitrogens is 1. The number of ether oxygens (including phenoxy) is 1. The molecular formula is C16H27N3O. The maximum atomic E-state index is 5.72. The van der Waals surface area contributed by atoms with E-state index in [-0.39, 0.29) is 6.10 Å². The molecule has 1 saturated heterocycles. The molecule has 1 aliphatic rings. The van der Waals surface area contributed by atoms with Gasteiger partial charge in [-0.3, -0.25) is 0 Å². The van der Waals surface area contributed by atoms with Crippen LogP contribution in [0.3, 0.4) is 0 Å². The normalized spacial score (nSPS) is 19.9. The topological polar surface area (TPSA) is 37.4 Å². The molecule has 2 heterocycles. The molecule has 1 N–H and O–H groups in total. The average Bonchev–Trinajstić information content (AvgIpc) is 2.69. The van der Waals surface area contributed by atoms with Crippen LogP contribution in [-0.2, 0) is 17.7 Å². The number of rotatable bonds is 5. The Morgan fingerprint density at radius 2 is 2.25 bits per heavy atom. The van der Waals surface area contributed by atoms with Crippen LogP contribution >= 0.6 is 0 Å². The lowest BCUT2D eigenvalue weighted by atomic mass is 10.1. The van der Waals surface area contributed by atoms with Crippen molar-refractivity contribution in [2.75, 3.05) is 31.1 Å². The molecule has 0 saturated carbocycles. The van der Waals surface area contributed by atoms with Gasteiger partial charge in [0.05, 0.1) is 6.10 Å². The van der Waals surface area contributed by atoms with E-state index in [1.165, 1.54) is 11.3 Å². The number of pyridine rings is 1. The molecule has 0 amide bonds. The molecule has 0 aliphatic carbocycles. The van der Waals surface area contributed by atoms with E-state index in [1.807, 2.05) is 0 Å². The quantitative estimate of drug-likeness (QED) is 0.896. The van der Waals surface area contributed by atoms with Crippen LogP contribution < -0.4 is 10.2 Å². The number of hydrogen-bond donors (Lipinski definition) is 1. The van der Waals surface area contributed by atoms with Crippen molar-refractivity contribution < 1.29 is 4.74 Å². The van der Waals surface area contributed by atoms with Gasteiger partial charge in [0.25, 0.3) is 0 Å². The zero-order valence-electron chi connectivity index (χ0n) is 13.0. The number of aryl methyl sites for hydroxylation is 1. The molecule has 0 bridgehead atoms. The molecule has 0 aromatic carbocycles. The van der Waals surface area contributed by atoms with E-state index in [2.05, 4.69) is 43.1 Å². The van der Waals surface area contributed by atoms with Gasteiger partial charge in [0.1, 0.15) is 5.82 Å². The highest BCUT2D eigenvalue weighted by molar-refractivity contribution is 5.43. The average molecular weight is 277 g/mol. The fourth-order valence-electron chi connectivity index (χ4n) is 2.55. The Balaban J connectivity index is 2.19. The minimum absolute atomic E-state index is 0.279. The van der Waals surface area contributed by atoms with Crippen LogP contribution in [0.15, 0.2) is 12.1 Å². The van der Waals surface area contributed by atoms with E-state index in [1.54, 1.807) is 0 Å². The third-order valence-electron chi connectivity index (χ3n) is 3.64. The first-order chi connectivity index (χ1) is 9.72. The number of anilines is 1. The summed E-state index contributed by atoms with van der Waals surface area (Å²) < 4.78 is 5.72. The predicted octanol–water partition coefficient (Wildman–Crippen LogP) is 2.37. The highest BCUT2D eigenvalue weighted by Gasteiger charge is 2.17. The fourth-order valence-corrected chi connectivity index (χ4v) is 2.55. The van der Waals surface area contributed by atoms with E-state index in [0.717, 1.165) is 51.4 Å². The van der Waals surface area contributed by atoms with Crippen molar-refractivity contribution in [3.05, 3.63) is 23.4 Å². The van der Waals surface area contributed by atoms with Crippen molar-refractivity contribution in [2.45, 2.75) is 46.3 Å². The summed E-state index contributed by atoms with van der Waals surface area (Å²) in [7, 11) is 0. The molecule has 1 unspecified atom stereocenters. The van der Waals surface area contributed by atoms with Crippen LogP contribution in [0, 0.1) is 0 Å². The van der Waals surface area contributed by atoms with Gasteiger partial charge in [-0.1, -0.05) is 13.8 Å². The Hall–Kier alpha value is -1.13. The third kappa shape index (κ3) is 4.18. The summed E-state index contributed by atoms with van der Waals surface area (Å²) in [5, 5.41) is 3.40. The van der Waals surface area contributed by atoms with Gasteiger partial charge in [-0.25, -0.2) is 4.98 Å². The predicted molar refractivity (Wildman–Crippen MR) is 83.2 cm³/mol. The van der Waals surface area contributed by atoms with E-state index < -0.39 is 0 Å². The molecular weight excluding hydrogens is 250 g/mol. The van der Waals surface area contributed by atoms with Crippen LogP contribution in [0.4, 0.5) is 5.82 Å².